The average Bonchev–Trinajstić information content (AvgIpc) is 3.17. The minimum absolute atomic E-state index is 0.0790. The largest absolute Gasteiger partial charge is 0.507 e. The summed E-state index contributed by atoms with van der Waals surface area (Å²) in [6, 6.07) is 5.48. The number of thiazole rings is 1. The van der Waals surface area contributed by atoms with E-state index in [0.29, 0.717) is 6.54 Å². The van der Waals surface area contributed by atoms with Gasteiger partial charge in [-0.2, -0.15) is 0 Å². The molecule has 1 aromatic heterocycles. The fourth-order valence-corrected chi connectivity index (χ4v) is 3.54. The van der Waals surface area contributed by atoms with Gasteiger partial charge in [-0.3, -0.25) is 4.79 Å². The summed E-state index contributed by atoms with van der Waals surface area (Å²) in [5.41, 5.74) is 2.59. The quantitative estimate of drug-likeness (QED) is 0.882. The summed E-state index contributed by atoms with van der Waals surface area (Å²) in [6.45, 7) is 3.42. The SMILES string of the molecule is COC(=O)[C@H]1CCN(c2nc(-c3cc(C)ccc3O)cs2)C1. The van der Waals surface area contributed by atoms with Crippen LogP contribution in [0.4, 0.5) is 5.13 Å². The van der Waals surface area contributed by atoms with Gasteiger partial charge in [-0.05, 0) is 25.5 Å². The zero-order chi connectivity index (χ0) is 15.7. The smallest absolute Gasteiger partial charge is 0.310 e. The van der Waals surface area contributed by atoms with Crippen LogP contribution in [0.5, 0.6) is 5.75 Å². The third kappa shape index (κ3) is 2.78. The van der Waals surface area contributed by atoms with Gasteiger partial charge >= 0.3 is 5.97 Å². The van der Waals surface area contributed by atoms with Gasteiger partial charge in [0.25, 0.3) is 0 Å². The lowest BCUT2D eigenvalue weighted by molar-refractivity contribution is -0.144. The number of aromatic nitrogens is 1. The number of carbonyl (C=O) groups is 1. The Bertz CT molecular complexity index is 698. The second-order valence-corrected chi connectivity index (χ2v) is 6.33. The van der Waals surface area contributed by atoms with E-state index in [1.54, 1.807) is 6.07 Å². The molecule has 5 nitrogen and oxygen atoms in total. The number of rotatable bonds is 3. The molecule has 2 heterocycles. The van der Waals surface area contributed by atoms with Gasteiger partial charge < -0.3 is 14.7 Å². The Morgan fingerprint density at radius 1 is 1.50 bits per heavy atom. The molecule has 0 amide bonds. The van der Waals surface area contributed by atoms with Crippen LogP contribution in [0.1, 0.15) is 12.0 Å². The van der Waals surface area contributed by atoms with E-state index in [9.17, 15) is 9.90 Å². The molecule has 1 fully saturated rings. The first-order valence-electron chi connectivity index (χ1n) is 7.17. The van der Waals surface area contributed by atoms with Crippen molar-refractivity contribution in [2.45, 2.75) is 13.3 Å². The molecule has 1 aromatic carbocycles. The minimum atomic E-state index is -0.157. The van der Waals surface area contributed by atoms with Crippen LogP contribution in [0.3, 0.4) is 0 Å². The Balaban J connectivity index is 1.80. The van der Waals surface area contributed by atoms with E-state index in [1.807, 2.05) is 24.4 Å². The number of benzene rings is 1. The highest BCUT2D eigenvalue weighted by Crippen LogP contribution is 2.35. The average molecular weight is 318 g/mol. The van der Waals surface area contributed by atoms with Crippen molar-refractivity contribution < 1.29 is 14.6 Å². The second-order valence-electron chi connectivity index (χ2n) is 5.49. The molecule has 1 aliphatic rings. The van der Waals surface area contributed by atoms with Gasteiger partial charge in [0.05, 0.1) is 18.7 Å². The molecule has 1 saturated heterocycles. The maximum atomic E-state index is 11.6. The number of phenols is 1. The highest BCUT2D eigenvalue weighted by atomic mass is 32.1. The molecule has 3 rings (SSSR count). The fourth-order valence-electron chi connectivity index (χ4n) is 2.68. The van der Waals surface area contributed by atoms with Crippen molar-refractivity contribution in [2.24, 2.45) is 5.92 Å². The van der Waals surface area contributed by atoms with Gasteiger partial charge in [0.1, 0.15) is 5.75 Å². The predicted octanol–water partition coefficient (Wildman–Crippen LogP) is 2.82. The normalized spacial score (nSPS) is 17.7. The number of hydrogen-bond donors (Lipinski definition) is 1. The molecule has 0 bridgehead atoms. The molecular formula is C16H18N2O3S. The van der Waals surface area contributed by atoms with Gasteiger partial charge in [-0.1, -0.05) is 11.6 Å². The van der Waals surface area contributed by atoms with E-state index >= 15 is 0 Å². The molecule has 0 unspecified atom stereocenters. The molecule has 1 atom stereocenters. The molecule has 22 heavy (non-hydrogen) atoms. The molecule has 0 saturated carbocycles. The topological polar surface area (TPSA) is 62.7 Å². The highest BCUT2D eigenvalue weighted by Gasteiger charge is 2.30. The van der Waals surface area contributed by atoms with Crippen LogP contribution in [0.15, 0.2) is 23.6 Å². The van der Waals surface area contributed by atoms with Gasteiger partial charge in [0.2, 0.25) is 0 Å². The van der Waals surface area contributed by atoms with E-state index in [1.165, 1.54) is 18.4 Å². The number of esters is 1. The molecule has 0 aliphatic carbocycles. The summed E-state index contributed by atoms with van der Waals surface area (Å²) in [6.07, 6.45) is 0.789. The molecule has 116 valence electrons. The van der Waals surface area contributed by atoms with Crippen LogP contribution in [0.25, 0.3) is 11.3 Å². The number of aryl methyl sites for hydroxylation is 1. The first kappa shape index (κ1) is 14.8. The molecular weight excluding hydrogens is 300 g/mol. The predicted molar refractivity (Wildman–Crippen MR) is 86.3 cm³/mol. The number of methoxy groups -OCH3 is 1. The van der Waals surface area contributed by atoms with E-state index in [4.69, 9.17) is 4.74 Å². The van der Waals surface area contributed by atoms with E-state index in [0.717, 1.165) is 34.9 Å². The lowest BCUT2D eigenvalue weighted by Crippen LogP contribution is -2.23. The Kier molecular flexibility index (Phi) is 4.02. The number of nitrogens with zero attached hydrogens (tertiary/aromatic N) is 2. The highest BCUT2D eigenvalue weighted by molar-refractivity contribution is 7.14. The van der Waals surface area contributed by atoms with Crippen LogP contribution >= 0.6 is 11.3 Å². The van der Waals surface area contributed by atoms with Crippen LogP contribution < -0.4 is 4.90 Å². The summed E-state index contributed by atoms with van der Waals surface area (Å²) in [5.74, 6) is -0.00311. The van der Waals surface area contributed by atoms with Crippen molar-refractivity contribution in [3.8, 4) is 17.0 Å². The van der Waals surface area contributed by atoms with E-state index in [2.05, 4.69) is 9.88 Å². The van der Waals surface area contributed by atoms with E-state index in [-0.39, 0.29) is 17.6 Å². The molecule has 2 aromatic rings. The Morgan fingerprint density at radius 3 is 3.09 bits per heavy atom. The van der Waals surface area contributed by atoms with Crippen LogP contribution in [0.2, 0.25) is 0 Å². The summed E-state index contributed by atoms with van der Waals surface area (Å²) >= 11 is 1.53. The molecule has 6 heteroatoms. The molecule has 0 radical (unpaired) electrons. The summed E-state index contributed by atoms with van der Waals surface area (Å²) in [4.78, 5) is 18.3. The van der Waals surface area contributed by atoms with E-state index < -0.39 is 0 Å². The van der Waals surface area contributed by atoms with Gasteiger partial charge in [-0.25, -0.2) is 4.98 Å². The standard InChI is InChI=1S/C16H18N2O3S/c1-10-3-4-14(19)12(7-10)13-9-22-16(17-13)18-6-5-11(8-18)15(20)21-2/h3-4,7,9,11,19H,5-6,8H2,1-2H3/t11-/m0/s1. The first-order chi connectivity index (χ1) is 10.6. The van der Waals surface area contributed by atoms with Crippen LogP contribution in [-0.4, -0.2) is 36.3 Å². The minimum Gasteiger partial charge on any atom is -0.507 e. The summed E-state index contributed by atoms with van der Waals surface area (Å²) in [7, 11) is 1.42. The maximum absolute atomic E-state index is 11.6. The van der Waals surface area contributed by atoms with Crippen molar-refractivity contribution in [1.29, 1.82) is 0 Å². The van der Waals surface area contributed by atoms with Gasteiger partial charge in [0, 0.05) is 24.0 Å². The number of anilines is 1. The Hall–Kier alpha value is -2.08. The van der Waals surface area contributed by atoms with Crippen molar-refractivity contribution in [1.82, 2.24) is 4.98 Å². The van der Waals surface area contributed by atoms with Crippen molar-refractivity contribution in [3.05, 3.63) is 29.1 Å². The second kappa shape index (κ2) is 5.96. The van der Waals surface area contributed by atoms with Crippen molar-refractivity contribution in [2.75, 3.05) is 25.1 Å². The lowest BCUT2D eigenvalue weighted by Gasteiger charge is -2.14. The number of phenolic OH excluding ortho intramolecular Hbond substituents is 1. The number of carbonyl (C=O) groups excluding carboxylic acids is 1. The van der Waals surface area contributed by atoms with Gasteiger partial charge in [0.15, 0.2) is 5.13 Å². The summed E-state index contributed by atoms with van der Waals surface area (Å²) in [5, 5.41) is 12.8. The zero-order valence-corrected chi connectivity index (χ0v) is 13.4. The number of aromatic hydroxyl groups is 1. The monoisotopic (exact) mass is 318 g/mol. The zero-order valence-electron chi connectivity index (χ0n) is 12.6. The number of hydrogen-bond acceptors (Lipinski definition) is 6. The molecule has 1 aliphatic heterocycles. The third-order valence-corrected chi connectivity index (χ3v) is 4.81. The van der Waals surface area contributed by atoms with Crippen molar-refractivity contribution >= 4 is 22.4 Å². The van der Waals surface area contributed by atoms with Gasteiger partial charge in [-0.15, -0.1) is 11.3 Å². The maximum Gasteiger partial charge on any atom is 0.310 e. The Morgan fingerprint density at radius 2 is 2.32 bits per heavy atom. The third-order valence-electron chi connectivity index (χ3n) is 3.91. The fraction of sp³-hybridized carbons (Fsp3) is 0.375. The summed E-state index contributed by atoms with van der Waals surface area (Å²) < 4.78 is 4.81. The van der Waals surface area contributed by atoms with Crippen LogP contribution in [-0.2, 0) is 9.53 Å². The molecule has 1 N–H and O–H groups in total. The first-order valence-corrected chi connectivity index (χ1v) is 8.04. The van der Waals surface area contributed by atoms with Crippen molar-refractivity contribution in [3.63, 3.8) is 0 Å². The lowest BCUT2D eigenvalue weighted by atomic mass is 10.1. The van der Waals surface area contributed by atoms with Crippen LogP contribution in [0, 0.1) is 12.8 Å². The Labute approximate surface area is 133 Å². The number of ether oxygens (including phenoxy) is 1. The molecule has 0 spiro atoms.